The molecule has 0 fully saturated rings. The van der Waals surface area contributed by atoms with Gasteiger partial charge in [0.2, 0.25) is 0 Å². The van der Waals surface area contributed by atoms with Crippen LogP contribution in [0.3, 0.4) is 0 Å². The lowest BCUT2D eigenvalue weighted by molar-refractivity contribution is -0.118. The molecule has 0 atom stereocenters. The fraction of sp³-hybridized carbons (Fsp3) is 0.0870. The zero-order chi connectivity index (χ0) is 20.1. The summed E-state index contributed by atoms with van der Waals surface area (Å²) in [4.78, 5) is 21.3. The molecule has 29 heavy (non-hydrogen) atoms. The molecule has 5 nitrogen and oxygen atoms in total. The monoisotopic (exact) mass is 401 g/mol. The molecule has 144 valence electrons. The van der Waals surface area contributed by atoms with Crippen molar-refractivity contribution < 1.29 is 9.53 Å². The third-order valence-corrected chi connectivity index (χ3v) is 5.15. The predicted molar refractivity (Wildman–Crippen MR) is 116 cm³/mol. The highest BCUT2D eigenvalue weighted by atomic mass is 32.1. The Morgan fingerprint density at radius 3 is 2.72 bits per heavy atom. The largest absolute Gasteiger partial charge is 0.483 e. The van der Waals surface area contributed by atoms with Crippen LogP contribution in [0.5, 0.6) is 5.75 Å². The molecule has 2 aromatic carbocycles. The van der Waals surface area contributed by atoms with Crippen molar-refractivity contribution in [3.05, 3.63) is 83.9 Å². The molecule has 1 amide bonds. The van der Waals surface area contributed by atoms with E-state index in [1.165, 1.54) is 0 Å². The van der Waals surface area contributed by atoms with Gasteiger partial charge in [-0.3, -0.25) is 9.78 Å². The zero-order valence-corrected chi connectivity index (χ0v) is 16.6. The zero-order valence-electron chi connectivity index (χ0n) is 15.8. The number of nitrogens with zero attached hydrogens (tertiary/aromatic N) is 2. The van der Waals surface area contributed by atoms with Gasteiger partial charge >= 0.3 is 0 Å². The first-order valence-electron chi connectivity index (χ1n) is 9.15. The van der Waals surface area contributed by atoms with Gasteiger partial charge in [-0.05, 0) is 42.8 Å². The fourth-order valence-electron chi connectivity index (χ4n) is 2.83. The standard InChI is InChI=1S/C23H19N3O2S/c1-16-7-2-3-11-21(16)28-14-22(27)25-18-9-6-8-17(13-18)20-15-29-23(26-20)19-10-4-5-12-24-19/h2-13,15H,14H2,1H3,(H,25,27). The summed E-state index contributed by atoms with van der Waals surface area (Å²) in [6.07, 6.45) is 1.76. The van der Waals surface area contributed by atoms with Crippen LogP contribution in [0.1, 0.15) is 5.56 Å². The van der Waals surface area contributed by atoms with Gasteiger partial charge in [0.25, 0.3) is 5.91 Å². The maximum atomic E-state index is 12.3. The van der Waals surface area contributed by atoms with Crippen molar-refractivity contribution in [2.45, 2.75) is 6.92 Å². The Morgan fingerprint density at radius 1 is 1.03 bits per heavy atom. The normalized spacial score (nSPS) is 10.5. The van der Waals surface area contributed by atoms with Gasteiger partial charge in [-0.25, -0.2) is 4.98 Å². The number of nitrogens with one attached hydrogen (secondary N) is 1. The van der Waals surface area contributed by atoms with Gasteiger partial charge in [0.1, 0.15) is 10.8 Å². The molecule has 0 aliphatic carbocycles. The SMILES string of the molecule is Cc1ccccc1OCC(=O)Nc1cccc(-c2csc(-c3ccccn3)n2)c1. The number of hydrogen-bond acceptors (Lipinski definition) is 5. The number of ether oxygens (including phenoxy) is 1. The third-order valence-electron chi connectivity index (χ3n) is 4.28. The minimum Gasteiger partial charge on any atom is -0.483 e. The number of pyridine rings is 1. The predicted octanol–water partition coefficient (Wildman–Crippen LogP) is 5.20. The van der Waals surface area contributed by atoms with Crippen LogP contribution in [-0.2, 0) is 4.79 Å². The fourth-order valence-corrected chi connectivity index (χ4v) is 3.63. The smallest absolute Gasteiger partial charge is 0.262 e. The molecule has 0 aliphatic heterocycles. The Bertz CT molecular complexity index is 1130. The molecule has 0 spiro atoms. The number of aryl methyl sites for hydroxylation is 1. The Kier molecular flexibility index (Phi) is 5.63. The number of thiazole rings is 1. The first-order valence-corrected chi connectivity index (χ1v) is 10.0. The molecule has 4 rings (SSSR count). The van der Waals surface area contributed by atoms with Gasteiger partial charge in [-0.2, -0.15) is 0 Å². The van der Waals surface area contributed by atoms with Crippen molar-refractivity contribution in [2.24, 2.45) is 0 Å². The summed E-state index contributed by atoms with van der Waals surface area (Å²) in [6.45, 7) is 1.90. The Hall–Kier alpha value is -3.51. The van der Waals surface area contributed by atoms with Gasteiger partial charge in [0, 0.05) is 22.8 Å². The van der Waals surface area contributed by atoms with Crippen LogP contribution in [0.2, 0.25) is 0 Å². The summed E-state index contributed by atoms with van der Waals surface area (Å²) in [5.41, 5.74) is 4.33. The minimum absolute atomic E-state index is 0.0460. The highest BCUT2D eigenvalue weighted by molar-refractivity contribution is 7.13. The maximum absolute atomic E-state index is 12.3. The Balaban J connectivity index is 1.43. The second-order valence-electron chi connectivity index (χ2n) is 6.44. The molecule has 4 aromatic rings. The van der Waals surface area contributed by atoms with Crippen LogP contribution in [0, 0.1) is 6.92 Å². The summed E-state index contributed by atoms with van der Waals surface area (Å²) in [5.74, 6) is 0.499. The topological polar surface area (TPSA) is 64.1 Å². The summed E-state index contributed by atoms with van der Waals surface area (Å²) < 4.78 is 5.61. The lowest BCUT2D eigenvalue weighted by Crippen LogP contribution is -2.20. The van der Waals surface area contributed by atoms with Gasteiger partial charge in [0.15, 0.2) is 6.61 Å². The number of para-hydroxylation sites is 1. The van der Waals surface area contributed by atoms with E-state index in [2.05, 4.69) is 15.3 Å². The van der Waals surface area contributed by atoms with E-state index in [0.717, 1.165) is 27.5 Å². The summed E-state index contributed by atoms with van der Waals surface area (Å²) in [5, 5.41) is 5.73. The van der Waals surface area contributed by atoms with Crippen LogP contribution in [0.4, 0.5) is 5.69 Å². The van der Waals surface area contributed by atoms with Gasteiger partial charge < -0.3 is 10.1 Å². The molecular formula is C23H19N3O2S. The summed E-state index contributed by atoms with van der Waals surface area (Å²) >= 11 is 1.54. The maximum Gasteiger partial charge on any atom is 0.262 e. The second-order valence-corrected chi connectivity index (χ2v) is 7.29. The third kappa shape index (κ3) is 4.67. The van der Waals surface area contributed by atoms with E-state index in [4.69, 9.17) is 4.74 Å². The highest BCUT2D eigenvalue weighted by Crippen LogP contribution is 2.29. The minimum atomic E-state index is -0.210. The Labute approximate surface area is 173 Å². The van der Waals surface area contributed by atoms with E-state index in [9.17, 15) is 4.79 Å². The molecule has 0 aliphatic rings. The van der Waals surface area contributed by atoms with Crippen LogP contribution < -0.4 is 10.1 Å². The quantitative estimate of drug-likeness (QED) is 0.482. The highest BCUT2D eigenvalue weighted by Gasteiger charge is 2.10. The number of carbonyl (C=O) groups is 1. The Morgan fingerprint density at radius 2 is 1.90 bits per heavy atom. The van der Waals surface area contributed by atoms with Gasteiger partial charge in [-0.15, -0.1) is 11.3 Å². The van der Waals surface area contributed by atoms with Crippen molar-refractivity contribution in [1.82, 2.24) is 9.97 Å². The van der Waals surface area contributed by atoms with E-state index in [1.807, 2.05) is 79.0 Å². The van der Waals surface area contributed by atoms with Gasteiger partial charge in [0.05, 0.1) is 11.4 Å². The molecular weight excluding hydrogens is 382 g/mol. The average Bonchev–Trinajstić information content (AvgIpc) is 3.24. The lowest BCUT2D eigenvalue weighted by Gasteiger charge is -2.10. The summed E-state index contributed by atoms with van der Waals surface area (Å²) in [7, 11) is 0. The van der Waals surface area contributed by atoms with E-state index in [-0.39, 0.29) is 12.5 Å². The number of anilines is 1. The first-order chi connectivity index (χ1) is 14.2. The van der Waals surface area contributed by atoms with Crippen LogP contribution in [-0.4, -0.2) is 22.5 Å². The summed E-state index contributed by atoms with van der Waals surface area (Å²) in [6, 6.07) is 21.0. The van der Waals surface area contributed by atoms with E-state index in [0.29, 0.717) is 11.4 Å². The average molecular weight is 401 g/mol. The number of rotatable bonds is 6. The molecule has 0 bridgehead atoms. The molecule has 6 heteroatoms. The molecule has 2 heterocycles. The first kappa shape index (κ1) is 18.8. The number of aromatic nitrogens is 2. The lowest BCUT2D eigenvalue weighted by atomic mass is 10.1. The van der Waals surface area contributed by atoms with Crippen molar-refractivity contribution in [1.29, 1.82) is 0 Å². The van der Waals surface area contributed by atoms with Crippen LogP contribution >= 0.6 is 11.3 Å². The van der Waals surface area contributed by atoms with E-state index < -0.39 is 0 Å². The number of carbonyl (C=O) groups excluding carboxylic acids is 1. The van der Waals surface area contributed by atoms with Crippen molar-refractivity contribution >= 4 is 22.9 Å². The molecule has 1 N–H and O–H groups in total. The molecule has 0 saturated heterocycles. The number of hydrogen-bond donors (Lipinski definition) is 1. The van der Waals surface area contributed by atoms with Crippen molar-refractivity contribution in [3.63, 3.8) is 0 Å². The van der Waals surface area contributed by atoms with Crippen molar-refractivity contribution in [2.75, 3.05) is 11.9 Å². The van der Waals surface area contributed by atoms with Crippen LogP contribution in [0.15, 0.2) is 78.3 Å². The van der Waals surface area contributed by atoms with E-state index >= 15 is 0 Å². The molecule has 0 unspecified atom stereocenters. The molecule has 0 radical (unpaired) electrons. The van der Waals surface area contributed by atoms with E-state index in [1.54, 1.807) is 17.5 Å². The molecule has 0 saturated carbocycles. The number of benzene rings is 2. The number of amides is 1. The van der Waals surface area contributed by atoms with Gasteiger partial charge in [-0.1, -0.05) is 36.4 Å². The molecule has 2 aromatic heterocycles. The van der Waals surface area contributed by atoms with Crippen molar-refractivity contribution in [3.8, 4) is 27.7 Å². The van der Waals surface area contributed by atoms with Crippen LogP contribution in [0.25, 0.3) is 22.0 Å². The second kappa shape index (κ2) is 8.67.